The second-order valence-corrected chi connectivity index (χ2v) is 5.22. The van der Waals surface area contributed by atoms with Crippen molar-refractivity contribution in [3.63, 3.8) is 0 Å². The number of carbonyl (C=O) groups excluding carboxylic acids is 1. The molecule has 0 fully saturated rings. The summed E-state index contributed by atoms with van der Waals surface area (Å²) in [5, 5.41) is 5.80. The average Bonchev–Trinajstić information content (AvgIpc) is 2.30. The number of urea groups is 1. The lowest BCUT2D eigenvalue weighted by Gasteiger charge is -2.13. The van der Waals surface area contributed by atoms with Gasteiger partial charge in [0.2, 0.25) is 0 Å². The molecule has 1 aliphatic carbocycles. The highest BCUT2D eigenvalue weighted by atomic mass is 16.2. The van der Waals surface area contributed by atoms with E-state index >= 15 is 0 Å². The molecule has 0 bridgehead atoms. The van der Waals surface area contributed by atoms with Gasteiger partial charge in [0.25, 0.3) is 0 Å². The van der Waals surface area contributed by atoms with E-state index in [0.29, 0.717) is 5.92 Å². The Morgan fingerprint density at radius 3 is 2.71 bits per heavy atom. The average molecular weight is 238 g/mol. The molecule has 3 heteroatoms. The van der Waals surface area contributed by atoms with Crippen molar-refractivity contribution in [1.29, 1.82) is 0 Å². The number of hydrogen-bond acceptors (Lipinski definition) is 1. The van der Waals surface area contributed by atoms with Crippen molar-refractivity contribution in [2.75, 3.05) is 13.1 Å². The molecule has 2 N–H and O–H groups in total. The Bertz CT molecular complexity index is 259. The zero-order chi connectivity index (χ0) is 12.5. The topological polar surface area (TPSA) is 41.1 Å². The van der Waals surface area contributed by atoms with Gasteiger partial charge in [-0.3, -0.25) is 0 Å². The largest absolute Gasteiger partial charge is 0.338 e. The van der Waals surface area contributed by atoms with E-state index in [0.717, 1.165) is 25.9 Å². The van der Waals surface area contributed by atoms with E-state index in [-0.39, 0.29) is 6.03 Å². The first-order chi connectivity index (χ1) is 8.18. The summed E-state index contributed by atoms with van der Waals surface area (Å²) in [5.74, 6) is 0.641. The summed E-state index contributed by atoms with van der Waals surface area (Å²) in [6.07, 6.45) is 9.46. The summed E-state index contributed by atoms with van der Waals surface area (Å²) in [7, 11) is 0. The van der Waals surface area contributed by atoms with Gasteiger partial charge in [0, 0.05) is 13.1 Å². The Morgan fingerprint density at radius 2 is 2.06 bits per heavy atom. The van der Waals surface area contributed by atoms with Crippen LogP contribution < -0.4 is 10.6 Å². The fraction of sp³-hybridized carbons (Fsp3) is 0.786. The van der Waals surface area contributed by atoms with Gasteiger partial charge >= 0.3 is 6.03 Å². The zero-order valence-electron chi connectivity index (χ0n) is 11.2. The molecule has 0 unspecified atom stereocenters. The van der Waals surface area contributed by atoms with Gasteiger partial charge in [-0.25, -0.2) is 4.79 Å². The van der Waals surface area contributed by atoms with Crippen LogP contribution in [-0.4, -0.2) is 19.1 Å². The van der Waals surface area contributed by atoms with Crippen molar-refractivity contribution in [2.24, 2.45) is 5.92 Å². The molecule has 0 aromatic carbocycles. The normalized spacial score (nSPS) is 15.6. The molecule has 3 nitrogen and oxygen atoms in total. The van der Waals surface area contributed by atoms with Crippen molar-refractivity contribution in [3.8, 4) is 0 Å². The van der Waals surface area contributed by atoms with E-state index in [1.807, 2.05) is 0 Å². The molecule has 0 saturated heterocycles. The summed E-state index contributed by atoms with van der Waals surface area (Å²) in [6.45, 7) is 5.86. The maximum atomic E-state index is 11.4. The minimum atomic E-state index is -0.0259. The highest BCUT2D eigenvalue weighted by Gasteiger charge is 2.04. The minimum Gasteiger partial charge on any atom is -0.338 e. The Balaban J connectivity index is 2.01. The molecule has 0 aromatic heterocycles. The number of amides is 2. The van der Waals surface area contributed by atoms with Crippen LogP contribution in [0.2, 0.25) is 0 Å². The summed E-state index contributed by atoms with van der Waals surface area (Å²) >= 11 is 0. The van der Waals surface area contributed by atoms with E-state index in [9.17, 15) is 4.79 Å². The van der Waals surface area contributed by atoms with Crippen LogP contribution in [0.5, 0.6) is 0 Å². The van der Waals surface area contributed by atoms with Crippen molar-refractivity contribution in [3.05, 3.63) is 11.6 Å². The second kappa shape index (κ2) is 8.15. The highest BCUT2D eigenvalue weighted by molar-refractivity contribution is 5.73. The standard InChI is InChI=1S/C14H26N2O/c1-12(2)8-10-15-14(17)16-11-9-13-6-4-3-5-7-13/h6,12H,3-5,7-11H2,1-2H3,(H2,15,16,17). The van der Waals surface area contributed by atoms with Crippen LogP contribution in [0.25, 0.3) is 0 Å². The van der Waals surface area contributed by atoms with Gasteiger partial charge in [-0.2, -0.15) is 0 Å². The summed E-state index contributed by atoms with van der Waals surface area (Å²) in [4.78, 5) is 11.4. The van der Waals surface area contributed by atoms with Crippen LogP contribution in [0.3, 0.4) is 0 Å². The first kappa shape index (κ1) is 14.1. The first-order valence-electron chi connectivity index (χ1n) is 6.88. The number of allylic oxidation sites excluding steroid dienone is 1. The molecule has 0 saturated carbocycles. The van der Waals surface area contributed by atoms with Gasteiger partial charge in [0.15, 0.2) is 0 Å². The van der Waals surface area contributed by atoms with Crippen molar-refractivity contribution >= 4 is 6.03 Å². The fourth-order valence-electron chi connectivity index (χ4n) is 2.01. The Morgan fingerprint density at radius 1 is 1.29 bits per heavy atom. The van der Waals surface area contributed by atoms with E-state index in [2.05, 4.69) is 30.6 Å². The van der Waals surface area contributed by atoms with Gasteiger partial charge in [-0.15, -0.1) is 0 Å². The molecule has 2 amide bonds. The molecule has 0 radical (unpaired) electrons. The van der Waals surface area contributed by atoms with Gasteiger partial charge < -0.3 is 10.6 Å². The van der Waals surface area contributed by atoms with Crippen molar-refractivity contribution in [2.45, 2.75) is 52.4 Å². The molecule has 0 spiro atoms. The third kappa shape index (κ3) is 7.03. The molecule has 0 aromatic rings. The summed E-state index contributed by atoms with van der Waals surface area (Å²) in [6, 6.07) is -0.0259. The lowest BCUT2D eigenvalue weighted by molar-refractivity contribution is 0.240. The lowest BCUT2D eigenvalue weighted by atomic mass is 9.97. The first-order valence-corrected chi connectivity index (χ1v) is 6.88. The van der Waals surface area contributed by atoms with E-state index in [4.69, 9.17) is 0 Å². The zero-order valence-corrected chi connectivity index (χ0v) is 11.2. The Labute approximate surface area is 105 Å². The third-order valence-electron chi connectivity index (χ3n) is 3.12. The maximum absolute atomic E-state index is 11.4. The smallest absolute Gasteiger partial charge is 0.314 e. The minimum absolute atomic E-state index is 0.0259. The van der Waals surface area contributed by atoms with Gasteiger partial charge in [0.1, 0.15) is 0 Å². The Hall–Kier alpha value is -0.990. The highest BCUT2D eigenvalue weighted by Crippen LogP contribution is 2.19. The molecule has 1 rings (SSSR count). The molecule has 1 aliphatic rings. The van der Waals surface area contributed by atoms with Gasteiger partial charge in [-0.05, 0) is 44.4 Å². The predicted molar refractivity (Wildman–Crippen MR) is 72.0 cm³/mol. The monoisotopic (exact) mass is 238 g/mol. The number of hydrogen-bond donors (Lipinski definition) is 2. The van der Waals surface area contributed by atoms with Crippen LogP contribution in [0.15, 0.2) is 11.6 Å². The van der Waals surface area contributed by atoms with Crippen molar-refractivity contribution < 1.29 is 4.79 Å². The third-order valence-corrected chi connectivity index (χ3v) is 3.12. The number of rotatable bonds is 6. The number of carbonyl (C=O) groups is 1. The van der Waals surface area contributed by atoms with Crippen molar-refractivity contribution in [1.82, 2.24) is 10.6 Å². The maximum Gasteiger partial charge on any atom is 0.314 e. The van der Waals surface area contributed by atoms with Gasteiger partial charge in [0.05, 0.1) is 0 Å². The second-order valence-electron chi connectivity index (χ2n) is 5.22. The summed E-state index contributed by atoms with van der Waals surface area (Å²) in [5.41, 5.74) is 1.51. The lowest BCUT2D eigenvalue weighted by Crippen LogP contribution is -2.37. The molecule has 17 heavy (non-hydrogen) atoms. The van der Waals surface area contributed by atoms with E-state index in [1.165, 1.54) is 31.3 Å². The summed E-state index contributed by atoms with van der Waals surface area (Å²) < 4.78 is 0. The fourth-order valence-corrected chi connectivity index (χ4v) is 2.01. The number of nitrogens with one attached hydrogen (secondary N) is 2. The van der Waals surface area contributed by atoms with Crippen LogP contribution in [0.4, 0.5) is 4.79 Å². The molecular formula is C14H26N2O. The molecule has 98 valence electrons. The predicted octanol–water partition coefficient (Wildman–Crippen LogP) is 3.22. The molecule has 0 aliphatic heterocycles. The van der Waals surface area contributed by atoms with Gasteiger partial charge in [-0.1, -0.05) is 25.5 Å². The quantitative estimate of drug-likeness (QED) is 0.685. The van der Waals surface area contributed by atoms with E-state index in [1.54, 1.807) is 0 Å². The van der Waals surface area contributed by atoms with Crippen LogP contribution in [0.1, 0.15) is 52.4 Å². The molecule has 0 heterocycles. The van der Waals surface area contributed by atoms with E-state index < -0.39 is 0 Å². The Kier molecular flexibility index (Phi) is 6.75. The molecule has 0 atom stereocenters. The van der Waals surface area contributed by atoms with Crippen LogP contribution in [0, 0.1) is 5.92 Å². The SMILES string of the molecule is CC(C)CCNC(=O)NCCC1=CCCCC1. The van der Waals surface area contributed by atoms with Crippen LogP contribution >= 0.6 is 0 Å². The molecular weight excluding hydrogens is 212 g/mol. The van der Waals surface area contributed by atoms with Crippen LogP contribution in [-0.2, 0) is 0 Å².